The molecule has 0 unspecified atom stereocenters. The third-order valence-electron chi connectivity index (χ3n) is 1.94. The zero-order valence-corrected chi connectivity index (χ0v) is 10.6. The first kappa shape index (κ1) is 13.0. The molecule has 5 heteroatoms. The number of carbonyl (C=O) groups excluding carboxylic acids is 1. The molecule has 1 aromatic carbocycles. The Bertz CT molecular complexity index is 368. The first-order valence-corrected chi connectivity index (χ1v) is 5.69. The summed E-state index contributed by atoms with van der Waals surface area (Å²) in [6, 6.07) is 5.63. The number of rotatable bonds is 5. The number of nitrogens with one attached hydrogen (secondary N) is 1. The third-order valence-corrected chi connectivity index (χ3v) is 2.44. The number of halogens is 1. The quantitative estimate of drug-likeness (QED) is 0.857. The van der Waals surface area contributed by atoms with Gasteiger partial charge in [0.1, 0.15) is 5.75 Å². The van der Waals surface area contributed by atoms with E-state index in [1.165, 1.54) is 0 Å². The minimum Gasteiger partial charge on any atom is -0.483 e. The molecule has 0 saturated heterocycles. The van der Waals surface area contributed by atoms with Crippen molar-refractivity contribution in [3.8, 4) is 5.75 Å². The van der Waals surface area contributed by atoms with Gasteiger partial charge in [0.05, 0.1) is 6.61 Å². The molecular weight excluding hydrogens is 274 g/mol. The first-order chi connectivity index (χ1) is 7.63. The van der Waals surface area contributed by atoms with Gasteiger partial charge in [0.25, 0.3) is 5.91 Å². The van der Waals surface area contributed by atoms with Crippen molar-refractivity contribution >= 4 is 21.8 Å². The summed E-state index contributed by atoms with van der Waals surface area (Å²) in [7, 11) is 0. The summed E-state index contributed by atoms with van der Waals surface area (Å²) in [6.07, 6.45) is 0. The van der Waals surface area contributed by atoms with Gasteiger partial charge in [-0.05, 0) is 24.6 Å². The van der Waals surface area contributed by atoms with E-state index in [2.05, 4.69) is 21.2 Å². The first-order valence-electron chi connectivity index (χ1n) is 4.90. The lowest BCUT2D eigenvalue weighted by molar-refractivity contribution is -0.123. The van der Waals surface area contributed by atoms with Crippen LogP contribution < -0.4 is 10.1 Å². The predicted octanol–water partition coefficient (Wildman–Crippen LogP) is 1.24. The van der Waals surface area contributed by atoms with Crippen LogP contribution in [0.5, 0.6) is 5.75 Å². The number of aliphatic hydroxyl groups is 1. The molecule has 16 heavy (non-hydrogen) atoms. The molecule has 0 atom stereocenters. The van der Waals surface area contributed by atoms with Crippen LogP contribution in [0.3, 0.4) is 0 Å². The van der Waals surface area contributed by atoms with Crippen LogP contribution in [0.2, 0.25) is 0 Å². The van der Waals surface area contributed by atoms with Crippen molar-refractivity contribution in [2.75, 3.05) is 19.8 Å². The Morgan fingerprint density at radius 2 is 2.31 bits per heavy atom. The van der Waals surface area contributed by atoms with Crippen LogP contribution in [-0.2, 0) is 4.79 Å². The Balaban J connectivity index is 2.47. The fourth-order valence-corrected chi connectivity index (χ4v) is 1.46. The highest BCUT2D eigenvalue weighted by molar-refractivity contribution is 9.10. The van der Waals surface area contributed by atoms with Crippen LogP contribution in [0.15, 0.2) is 22.7 Å². The summed E-state index contributed by atoms with van der Waals surface area (Å²) in [5.74, 6) is 0.432. The van der Waals surface area contributed by atoms with E-state index in [-0.39, 0.29) is 25.7 Å². The molecule has 88 valence electrons. The van der Waals surface area contributed by atoms with Gasteiger partial charge in [0.15, 0.2) is 6.61 Å². The normalized spacial score (nSPS) is 9.94. The Kier molecular flexibility index (Phi) is 5.28. The van der Waals surface area contributed by atoms with Crippen molar-refractivity contribution < 1.29 is 14.6 Å². The minimum atomic E-state index is -0.242. The second kappa shape index (κ2) is 6.50. The van der Waals surface area contributed by atoms with Gasteiger partial charge in [-0.2, -0.15) is 0 Å². The van der Waals surface area contributed by atoms with Crippen molar-refractivity contribution in [2.45, 2.75) is 6.92 Å². The van der Waals surface area contributed by atoms with Gasteiger partial charge in [-0.15, -0.1) is 0 Å². The molecule has 0 aromatic heterocycles. The van der Waals surface area contributed by atoms with E-state index < -0.39 is 0 Å². The number of hydrogen-bond acceptors (Lipinski definition) is 3. The van der Waals surface area contributed by atoms with Crippen molar-refractivity contribution in [2.24, 2.45) is 0 Å². The Hall–Kier alpha value is -1.07. The number of benzene rings is 1. The Morgan fingerprint density at radius 3 is 3.00 bits per heavy atom. The second-order valence-electron chi connectivity index (χ2n) is 3.27. The fourth-order valence-electron chi connectivity index (χ4n) is 1.12. The number of aryl methyl sites for hydroxylation is 1. The van der Waals surface area contributed by atoms with E-state index in [4.69, 9.17) is 9.84 Å². The van der Waals surface area contributed by atoms with Crippen molar-refractivity contribution in [3.05, 3.63) is 28.2 Å². The highest BCUT2D eigenvalue weighted by Crippen LogP contribution is 2.22. The topological polar surface area (TPSA) is 58.6 Å². The average molecular weight is 288 g/mol. The Labute approximate surface area is 103 Å². The lowest BCUT2D eigenvalue weighted by Gasteiger charge is -2.09. The summed E-state index contributed by atoms with van der Waals surface area (Å²) >= 11 is 3.33. The van der Waals surface area contributed by atoms with Gasteiger partial charge in [-0.25, -0.2) is 0 Å². The lowest BCUT2D eigenvalue weighted by atomic mass is 10.2. The molecule has 0 aliphatic heterocycles. The number of amides is 1. The highest BCUT2D eigenvalue weighted by Gasteiger charge is 2.04. The molecule has 0 aliphatic carbocycles. The van der Waals surface area contributed by atoms with Crippen molar-refractivity contribution in [1.82, 2.24) is 5.32 Å². The van der Waals surface area contributed by atoms with Crippen molar-refractivity contribution in [3.63, 3.8) is 0 Å². The van der Waals surface area contributed by atoms with Gasteiger partial charge >= 0.3 is 0 Å². The molecule has 0 fully saturated rings. The van der Waals surface area contributed by atoms with E-state index in [9.17, 15) is 4.79 Å². The largest absolute Gasteiger partial charge is 0.483 e. The number of carbonyl (C=O) groups is 1. The average Bonchev–Trinajstić information content (AvgIpc) is 2.27. The zero-order chi connectivity index (χ0) is 12.0. The molecule has 2 N–H and O–H groups in total. The molecular formula is C11H14BrNO3. The standard InChI is InChI=1S/C11H14BrNO3/c1-8-2-3-9(12)6-10(8)16-7-11(15)13-4-5-14/h2-3,6,14H,4-5,7H2,1H3,(H,13,15). The van der Waals surface area contributed by atoms with Gasteiger partial charge in [-0.1, -0.05) is 22.0 Å². The Morgan fingerprint density at radius 1 is 1.56 bits per heavy atom. The van der Waals surface area contributed by atoms with Crippen LogP contribution >= 0.6 is 15.9 Å². The molecule has 4 nitrogen and oxygen atoms in total. The van der Waals surface area contributed by atoms with E-state index in [0.717, 1.165) is 10.0 Å². The monoisotopic (exact) mass is 287 g/mol. The van der Waals surface area contributed by atoms with E-state index in [1.54, 1.807) is 0 Å². The summed E-state index contributed by atoms with van der Waals surface area (Å²) < 4.78 is 6.26. The van der Waals surface area contributed by atoms with E-state index in [1.807, 2.05) is 25.1 Å². The van der Waals surface area contributed by atoms with Crippen LogP contribution in [0.4, 0.5) is 0 Å². The highest BCUT2D eigenvalue weighted by atomic mass is 79.9. The number of aliphatic hydroxyl groups excluding tert-OH is 1. The maximum atomic E-state index is 11.2. The third kappa shape index (κ3) is 4.20. The van der Waals surface area contributed by atoms with Gasteiger partial charge in [-0.3, -0.25) is 4.79 Å². The summed E-state index contributed by atoms with van der Waals surface area (Å²) in [6.45, 7) is 2.05. The maximum Gasteiger partial charge on any atom is 0.258 e. The second-order valence-corrected chi connectivity index (χ2v) is 4.19. The van der Waals surface area contributed by atoms with Gasteiger partial charge in [0, 0.05) is 11.0 Å². The summed E-state index contributed by atoms with van der Waals surface area (Å²) in [5.41, 5.74) is 0.971. The number of ether oxygens (including phenoxy) is 1. The molecule has 0 saturated carbocycles. The summed E-state index contributed by atoms with van der Waals surface area (Å²) in [4.78, 5) is 11.2. The van der Waals surface area contributed by atoms with Gasteiger partial charge < -0.3 is 15.2 Å². The molecule has 1 amide bonds. The molecule has 0 radical (unpaired) electrons. The summed E-state index contributed by atoms with van der Waals surface area (Å²) in [5, 5.41) is 11.0. The van der Waals surface area contributed by atoms with Crippen LogP contribution in [0, 0.1) is 6.92 Å². The minimum absolute atomic E-state index is 0.0444. The van der Waals surface area contributed by atoms with E-state index in [0.29, 0.717) is 5.75 Å². The SMILES string of the molecule is Cc1ccc(Br)cc1OCC(=O)NCCO. The molecule has 1 aromatic rings. The van der Waals surface area contributed by atoms with Crippen LogP contribution in [0.25, 0.3) is 0 Å². The lowest BCUT2D eigenvalue weighted by Crippen LogP contribution is -2.31. The fraction of sp³-hybridized carbons (Fsp3) is 0.364. The molecule has 1 rings (SSSR count). The van der Waals surface area contributed by atoms with Crippen molar-refractivity contribution in [1.29, 1.82) is 0 Å². The molecule has 0 aliphatic rings. The smallest absolute Gasteiger partial charge is 0.258 e. The number of hydrogen-bond donors (Lipinski definition) is 2. The van der Waals surface area contributed by atoms with E-state index >= 15 is 0 Å². The van der Waals surface area contributed by atoms with Crippen LogP contribution in [0.1, 0.15) is 5.56 Å². The molecule has 0 spiro atoms. The molecule has 0 heterocycles. The van der Waals surface area contributed by atoms with Gasteiger partial charge in [0.2, 0.25) is 0 Å². The zero-order valence-electron chi connectivity index (χ0n) is 9.00. The predicted molar refractivity (Wildman–Crippen MR) is 64.5 cm³/mol. The van der Waals surface area contributed by atoms with Crippen LogP contribution in [-0.4, -0.2) is 30.8 Å². The maximum absolute atomic E-state index is 11.2. The molecule has 0 bridgehead atoms.